The zero-order valence-corrected chi connectivity index (χ0v) is 36.4. The summed E-state index contributed by atoms with van der Waals surface area (Å²) in [5.41, 5.74) is 4.34. The lowest BCUT2D eigenvalue weighted by Crippen LogP contribution is -2.50. The zero-order valence-electron chi connectivity index (χ0n) is 34.4. The maximum absolute atomic E-state index is 10.2. The molecular weight excluding hydrogens is 641 g/mol. The molecule has 0 aliphatic heterocycles. The monoisotopic (exact) mass is 717 g/mol. The van der Waals surface area contributed by atoms with Crippen molar-refractivity contribution in [1.82, 2.24) is 0 Å². The first-order valence-corrected chi connectivity index (χ1v) is 25.1. The van der Waals surface area contributed by atoms with E-state index in [4.69, 9.17) is 18.3 Å². The molecule has 0 aromatic carbocycles. The maximum Gasteiger partial charge on any atom is 0.192 e. The van der Waals surface area contributed by atoms with Gasteiger partial charge in [-0.3, -0.25) is 0 Å². The molecule has 0 aromatic heterocycles. The van der Waals surface area contributed by atoms with Crippen molar-refractivity contribution in [1.29, 1.82) is 0 Å². The van der Waals surface area contributed by atoms with Crippen molar-refractivity contribution >= 4 is 16.6 Å². The van der Waals surface area contributed by atoms with Crippen LogP contribution in [0.15, 0.2) is 47.1 Å². The first kappa shape index (κ1) is 42.6. The SMILES string of the molecule is COCOC(C)(C)C/C=C/[C@@H](C)C1CCC2/C(=C/C=C3C[C@H](O[Si](C)(C)C(C)(C)C)C(=CCO)[C@H](O[Si](C)(C)C(C)(C)C)C3)CCCC21C. The van der Waals surface area contributed by atoms with E-state index in [9.17, 15) is 5.11 Å². The van der Waals surface area contributed by atoms with Crippen molar-refractivity contribution < 1.29 is 23.4 Å². The van der Waals surface area contributed by atoms with Gasteiger partial charge in [0.15, 0.2) is 16.6 Å². The van der Waals surface area contributed by atoms with Gasteiger partial charge in [0.25, 0.3) is 0 Å². The highest BCUT2D eigenvalue weighted by molar-refractivity contribution is 6.74. The summed E-state index contributed by atoms with van der Waals surface area (Å²) in [5.74, 6) is 1.88. The number of hydrogen-bond donors (Lipinski definition) is 1. The van der Waals surface area contributed by atoms with Crippen molar-refractivity contribution in [2.45, 2.75) is 175 Å². The van der Waals surface area contributed by atoms with Crippen molar-refractivity contribution in [3.63, 3.8) is 0 Å². The molecule has 7 heteroatoms. The molecule has 3 fully saturated rings. The van der Waals surface area contributed by atoms with E-state index in [0.717, 1.165) is 24.8 Å². The highest BCUT2D eigenvalue weighted by Gasteiger charge is 2.50. The zero-order chi connectivity index (χ0) is 37.1. The Morgan fingerprint density at radius 1 is 0.898 bits per heavy atom. The molecule has 0 amide bonds. The van der Waals surface area contributed by atoms with Crippen LogP contribution in [-0.2, 0) is 18.3 Å². The van der Waals surface area contributed by atoms with Crippen LogP contribution in [0.5, 0.6) is 0 Å². The summed E-state index contributed by atoms with van der Waals surface area (Å²) in [5, 5.41) is 10.4. The molecule has 49 heavy (non-hydrogen) atoms. The second-order valence-electron chi connectivity index (χ2n) is 19.5. The van der Waals surface area contributed by atoms with Crippen molar-refractivity contribution in [2.24, 2.45) is 23.2 Å². The highest BCUT2D eigenvalue weighted by Crippen LogP contribution is 2.59. The van der Waals surface area contributed by atoms with E-state index >= 15 is 0 Å². The van der Waals surface area contributed by atoms with Crippen LogP contribution >= 0.6 is 0 Å². The summed E-state index contributed by atoms with van der Waals surface area (Å²) in [6.45, 7) is 32.9. The van der Waals surface area contributed by atoms with E-state index < -0.39 is 16.6 Å². The van der Waals surface area contributed by atoms with Crippen LogP contribution in [0.4, 0.5) is 0 Å². The van der Waals surface area contributed by atoms with Crippen LogP contribution in [0.3, 0.4) is 0 Å². The van der Waals surface area contributed by atoms with Gasteiger partial charge in [0, 0.05) is 7.11 Å². The van der Waals surface area contributed by atoms with Gasteiger partial charge in [-0.1, -0.05) is 96.9 Å². The Morgan fingerprint density at radius 2 is 1.47 bits per heavy atom. The smallest absolute Gasteiger partial charge is 0.192 e. The van der Waals surface area contributed by atoms with Gasteiger partial charge in [-0.2, -0.15) is 0 Å². The predicted molar refractivity (Wildman–Crippen MR) is 213 cm³/mol. The molecule has 5 nitrogen and oxygen atoms in total. The maximum atomic E-state index is 10.2. The lowest BCUT2D eigenvalue weighted by molar-refractivity contribution is -0.112. The van der Waals surface area contributed by atoms with E-state index in [-0.39, 0.29) is 34.5 Å². The summed E-state index contributed by atoms with van der Waals surface area (Å²) in [7, 11) is -2.47. The summed E-state index contributed by atoms with van der Waals surface area (Å²) in [4.78, 5) is 0. The Kier molecular flexibility index (Phi) is 14.3. The lowest BCUT2D eigenvalue weighted by atomic mass is 9.61. The standard InChI is InChI=1S/C42H76O5Si2/c1-31(18-16-25-41(8,9)45-30-44-11)35-22-23-36-33(19-17-26-42(35,36)10)21-20-32-28-37(46-48(12,13)39(2,3)4)34(24-27-43)38(29-32)47-49(14,15)40(5,6)7/h16,18,20-21,24,31,35-38,43H,17,19,22-23,25-30H2,1-15H3/b18-16+,32-20?,33-21+,34-24?/t31-,35?,36?,37-,38+,42?/m1/s1. The Bertz CT molecular complexity index is 1170. The van der Waals surface area contributed by atoms with E-state index in [1.807, 2.05) is 6.08 Å². The second-order valence-corrected chi connectivity index (χ2v) is 29.0. The van der Waals surface area contributed by atoms with Crippen LogP contribution in [0.1, 0.15) is 121 Å². The van der Waals surface area contributed by atoms with Gasteiger partial charge in [0.1, 0.15) is 6.79 Å². The van der Waals surface area contributed by atoms with E-state index in [1.165, 1.54) is 37.7 Å². The van der Waals surface area contributed by atoms with Gasteiger partial charge >= 0.3 is 0 Å². The molecule has 3 aliphatic rings. The molecule has 0 radical (unpaired) electrons. The molecule has 1 N–H and O–H groups in total. The van der Waals surface area contributed by atoms with Crippen LogP contribution in [0.2, 0.25) is 36.3 Å². The third-order valence-corrected chi connectivity index (χ3v) is 22.2. The van der Waals surface area contributed by atoms with Crippen LogP contribution < -0.4 is 0 Å². The quantitative estimate of drug-likeness (QED) is 0.117. The van der Waals surface area contributed by atoms with Gasteiger partial charge in [-0.15, -0.1) is 0 Å². The fourth-order valence-electron chi connectivity index (χ4n) is 8.14. The first-order chi connectivity index (χ1) is 22.5. The number of aliphatic hydroxyl groups excluding tert-OH is 1. The molecule has 0 spiro atoms. The Labute approximate surface area is 304 Å². The average molecular weight is 717 g/mol. The van der Waals surface area contributed by atoms with Crippen molar-refractivity contribution in [3.8, 4) is 0 Å². The summed E-state index contributed by atoms with van der Waals surface area (Å²) in [6.07, 6.45) is 20.7. The number of allylic oxidation sites excluding steroid dienone is 4. The minimum atomic E-state index is -2.07. The number of aliphatic hydroxyl groups is 1. The normalized spacial score (nSPS) is 30.9. The third kappa shape index (κ3) is 10.6. The van der Waals surface area contributed by atoms with Crippen molar-refractivity contribution in [2.75, 3.05) is 20.5 Å². The minimum Gasteiger partial charge on any atom is -0.410 e. The Hall–Kier alpha value is -0.806. The predicted octanol–water partition coefficient (Wildman–Crippen LogP) is 11.5. The van der Waals surface area contributed by atoms with Gasteiger partial charge in [-0.25, -0.2) is 0 Å². The number of rotatable bonds is 13. The Morgan fingerprint density at radius 3 is 1.98 bits per heavy atom. The van der Waals surface area contributed by atoms with E-state index in [0.29, 0.717) is 30.0 Å². The number of methoxy groups -OCH3 is 1. The summed E-state index contributed by atoms with van der Waals surface area (Å²) in [6, 6.07) is 0. The molecule has 0 heterocycles. The fourth-order valence-corrected chi connectivity index (χ4v) is 10.7. The van der Waals surface area contributed by atoms with Crippen LogP contribution in [0.25, 0.3) is 0 Å². The van der Waals surface area contributed by atoms with Gasteiger partial charge in [0.05, 0.1) is 24.4 Å². The molecule has 3 rings (SSSR count). The molecule has 3 unspecified atom stereocenters. The topological polar surface area (TPSA) is 57.2 Å². The summed E-state index contributed by atoms with van der Waals surface area (Å²) < 4.78 is 25.4. The minimum absolute atomic E-state index is 0.0154. The molecular formula is C42H76O5Si2. The number of fused-ring (bicyclic) bond motifs is 1. The number of ether oxygens (including phenoxy) is 2. The molecule has 0 bridgehead atoms. The average Bonchev–Trinajstić information content (AvgIpc) is 3.32. The largest absolute Gasteiger partial charge is 0.410 e. The lowest BCUT2D eigenvalue weighted by Gasteiger charge is -2.46. The van der Waals surface area contributed by atoms with Gasteiger partial charge in [0.2, 0.25) is 0 Å². The third-order valence-electron chi connectivity index (χ3n) is 13.3. The fraction of sp³-hybridized carbons (Fsp3) is 0.810. The molecule has 282 valence electrons. The highest BCUT2D eigenvalue weighted by atomic mass is 28.4. The van der Waals surface area contributed by atoms with Crippen LogP contribution in [-0.4, -0.2) is 60.1 Å². The molecule has 3 saturated carbocycles. The van der Waals surface area contributed by atoms with Gasteiger partial charge in [-0.05, 0) is 130 Å². The molecule has 0 aromatic rings. The molecule has 3 aliphatic carbocycles. The Balaban J connectivity index is 1.90. The van der Waals surface area contributed by atoms with E-state index in [1.54, 1.807) is 12.7 Å². The molecule has 6 atom stereocenters. The van der Waals surface area contributed by atoms with Gasteiger partial charge < -0.3 is 23.4 Å². The van der Waals surface area contributed by atoms with E-state index in [2.05, 4.69) is 120 Å². The number of hydrogen-bond acceptors (Lipinski definition) is 5. The second kappa shape index (κ2) is 16.5. The first-order valence-electron chi connectivity index (χ1n) is 19.3. The van der Waals surface area contributed by atoms with Crippen molar-refractivity contribution in [3.05, 3.63) is 47.1 Å². The van der Waals surface area contributed by atoms with Crippen LogP contribution in [0, 0.1) is 23.2 Å². The summed E-state index contributed by atoms with van der Waals surface area (Å²) >= 11 is 0. The molecule has 0 saturated heterocycles.